The van der Waals surface area contributed by atoms with Crippen LogP contribution < -0.4 is 0 Å². The third-order valence-corrected chi connectivity index (χ3v) is 2.93. The molecule has 0 aromatic carbocycles. The van der Waals surface area contributed by atoms with Crippen LogP contribution in [0.5, 0.6) is 0 Å². The molecule has 0 aliphatic carbocycles. The molecule has 0 aliphatic heterocycles. The fourth-order valence-electron chi connectivity index (χ4n) is 1.31. The minimum atomic E-state index is 0.0700. The minimum absolute atomic E-state index is 0.0700. The molecule has 15 heavy (non-hydrogen) atoms. The predicted octanol–water partition coefficient (Wildman–Crippen LogP) is 3.05. The molecular weight excluding hydrogens is 232 g/mol. The highest BCUT2D eigenvalue weighted by Gasteiger charge is 2.18. The van der Waals surface area contributed by atoms with Gasteiger partial charge >= 0.3 is 0 Å². The number of carbonyl (C=O) groups is 1. The molecule has 0 N–H and O–H groups in total. The Morgan fingerprint density at radius 1 is 1.67 bits per heavy atom. The molecule has 0 unspecified atom stereocenters. The van der Waals surface area contributed by atoms with Gasteiger partial charge in [-0.1, -0.05) is 11.6 Å². The number of thioether (sulfide) groups is 1. The van der Waals surface area contributed by atoms with Crippen LogP contribution >= 0.6 is 23.4 Å². The normalized spacial score (nSPS) is 11.0. The van der Waals surface area contributed by atoms with E-state index < -0.39 is 0 Å². The van der Waals surface area contributed by atoms with Gasteiger partial charge in [-0.25, -0.2) is 0 Å². The summed E-state index contributed by atoms with van der Waals surface area (Å²) >= 11 is 7.61. The topological polar surface area (TPSA) is 34.9 Å². The number of rotatable bonds is 5. The summed E-state index contributed by atoms with van der Waals surface area (Å²) in [7, 11) is 0. The Labute approximate surface area is 99.2 Å². The predicted molar refractivity (Wildman–Crippen MR) is 65.0 cm³/mol. The van der Waals surface area contributed by atoms with E-state index in [1.807, 2.05) is 20.1 Å². The molecule has 0 radical (unpaired) electrons. The van der Waals surface area contributed by atoms with Gasteiger partial charge in [0.2, 0.25) is 0 Å². The highest BCUT2D eigenvalue weighted by Crippen LogP contribution is 2.20. The van der Waals surface area contributed by atoms with Gasteiger partial charge < -0.3 is 0 Å². The number of nitrogens with zero attached hydrogens (tertiary/aromatic N) is 2. The van der Waals surface area contributed by atoms with Gasteiger partial charge in [0.05, 0.1) is 11.2 Å². The largest absolute Gasteiger partial charge is 0.292 e. The van der Waals surface area contributed by atoms with Crippen molar-refractivity contribution in [3.63, 3.8) is 0 Å². The molecule has 0 aliphatic rings. The standard InChI is InChI=1S/C10H15ClN2OS/c1-7(2)13-10(8(11)6-12-13)9(14)4-5-15-3/h6-7H,4-5H2,1-3H3. The number of Topliss-reactive ketones (excluding diaryl/α,β-unsaturated/α-hetero) is 1. The second-order valence-corrected chi connectivity index (χ2v) is 4.94. The van der Waals surface area contributed by atoms with Crippen LogP contribution in [-0.4, -0.2) is 27.6 Å². The lowest BCUT2D eigenvalue weighted by atomic mass is 10.2. The molecule has 5 heteroatoms. The Morgan fingerprint density at radius 2 is 2.33 bits per heavy atom. The molecule has 0 amide bonds. The zero-order valence-electron chi connectivity index (χ0n) is 9.16. The second-order valence-electron chi connectivity index (χ2n) is 3.55. The monoisotopic (exact) mass is 246 g/mol. The number of hydrogen-bond acceptors (Lipinski definition) is 3. The first-order valence-corrected chi connectivity index (χ1v) is 6.60. The zero-order chi connectivity index (χ0) is 11.4. The van der Waals surface area contributed by atoms with Crippen molar-refractivity contribution in [2.24, 2.45) is 0 Å². The smallest absolute Gasteiger partial charge is 0.183 e. The van der Waals surface area contributed by atoms with Crippen LogP contribution in [0.1, 0.15) is 36.8 Å². The molecule has 1 heterocycles. The van der Waals surface area contributed by atoms with E-state index in [1.54, 1.807) is 16.4 Å². The molecule has 1 aromatic rings. The highest BCUT2D eigenvalue weighted by atomic mass is 35.5. The Hall–Kier alpha value is -0.480. The number of halogens is 1. The fraction of sp³-hybridized carbons (Fsp3) is 0.600. The average molecular weight is 247 g/mol. The summed E-state index contributed by atoms with van der Waals surface area (Å²) in [6, 6.07) is 0.158. The molecule has 0 fully saturated rings. The van der Waals surface area contributed by atoms with Crippen molar-refractivity contribution in [3.05, 3.63) is 16.9 Å². The van der Waals surface area contributed by atoms with Gasteiger partial charge in [-0.2, -0.15) is 16.9 Å². The fourth-order valence-corrected chi connectivity index (χ4v) is 1.93. The van der Waals surface area contributed by atoms with Crippen LogP contribution in [0.25, 0.3) is 0 Å². The SMILES string of the molecule is CSCCC(=O)c1c(Cl)cnn1C(C)C. The summed E-state index contributed by atoms with van der Waals surface area (Å²) in [5.74, 6) is 0.888. The van der Waals surface area contributed by atoms with E-state index in [-0.39, 0.29) is 11.8 Å². The molecule has 0 spiro atoms. The molecule has 0 saturated carbocycles. The quantitative estimate of drug-likeness (QED) is 0.749. The van der Waals surface area contributed by atoms with Crippen LogP contribution in [0, 0.1) is 0 Å². The van der Waals surface area contributed by atoms with Crippen LogP contribution in [0.4, 0.5) is 0 Å². The van der Waals surface area contributed by atoms with Gasteiger partial charge in [-0.3, -0.25) is 9.48 Å². The Bertz CT molecular complexity index is 349. The Balaban J connectivity index is 2.91. The van der Waals surface area contributed by atoms with E-state index >= 15 is 0 Å². The summed E-state index contributed by atoms with van der Waals surface area (Å²) < 4.78 is 1.69. The number of aromatic nitrogens is 2. The van der Waals surface area contributed by atoms with Crippen molar-refractivity contribution in [1.82, 2.24) is 9.78 Å². The van der Waals surface area contributed by atoms with Crippen molar-refractivity contribution in [2.75, 3.05) is 12.0 Å². The molecule has 0 atom stereocenters. The summed E-state index contributed by atoms with van der Waals surface area (Å²) in [5.41, 5.74) is 0.542. The summed E-state index contributed by atoms with van der Waals surface area (Å²) in [5, 5.41) is 4.55. The maximum absolute atomic E-state index is 11.9. The van der Waals surface area contributed by atoms with Gasteiger partial charge in [0, 0.05) is 18.2 Å². The zero-order valence-corrected chi connectivity index (χ0v) is 10.7. The van der Waals surface area contributed by atoms with Gasteiger partial charge in [-0.05, 0) is 20.1 Å². The van der Waals surface area contributed by atoms with Crippen molar-refractivity contribution in [3.8, 4) is 0 Å². The first kappa shape index (κ1) is 12.6. The van der Waals surface area contributed by atoms with E-state index in [0.29, 0.717) is 17.1 Å². The number of hydrogen-bond donors (Lipinski definition) is 0. The van der Waals surface area contributed by atoms with Crippen molar-refractivity contribution in [1.29, 1.82) is 0 Å². The third-order valence-electron chi connectivity index (χ3n) is 2.04. The summed E-state index contributed by atoms with van der Waals surface area (Å²) in [6.07, 6.45) is 4.03. The molecule has 0 bridgehead atoms. The molecular formula is C10H15ClN2OS. The minimum Gasteiger partial charge on any atom is -0.292 e. The van der Waals surface area contributed by atoms with E-state index in [1.165, 1.54) is 6.20 Å². The maximum atomic E-state index is 11.9. The second kappa shape index (κ2) is 5.56. The van der Waals surface area contributed by atoms with Crippen LogP contribution in [0.3, 0.4) is 0 Å². The average Bonchev–Trinajstić information content (AvgIpc) is 2.56. The van der Waals surface area contributed by atoms with Crippen molar-refractivity contribution in [2.45, 2.75) is 26.3 Å². The van der Waals surface area contributed by atoms with Gasteiger partial charge in [-0.15, -0.1) is 0 Å². The molecule has 1 rings (SSSR count). The van der Waals surface area contributed by atoms with Crippen LogP contribution in [0.15, 0.2) is 6.20 Å². The molecule has 3 nitrogen and oxygen atoms in total. The van der Waals surface area contributed by atoms with E-state index in [9.17, 15) is 4.79 Å². The van der Waals surface area contributed by atoms with E-state index in [0.717, 1.165) is 5.75 Å². The van der Waals surface area contributed by atoms with Crippen molar-refractivity contribution >= 4 is 29.1 Å². The third kappa shape index (κ3) is 2.98. The number of carbonyl (C=O) groups excluding carboxylic acids is 1. The Morgan fingerprint density at radius 3 is 2.87 bits per heavy atom. The Kier molecular flexibility index (Phi) is 4.67. The molecule has 1 aromatic heterocycles. The lowest BCUT2D eigenvalue weighted by molar-refractivity contribution is 0.0977. The molecule has 0 saturated heterocycles. The lowest BCUT2D eigenvalue weighted by Crippen LogP contribution is -2.13. The molecule has 84 valence electrons. The first-order chi connectivity index (χ1) is 7.07. The highest BCUT2D eigenvalue weighted by molar-refractivity contribution is 7.98. The van der Waals surface area contributed by atoms with Gasteiger partial charge in [0.15, 0.2) is 5.78 Å². The van der Waals surface area contributed by atoms with E-state index in [4.69, 9.17) is 11.6 Å². The van der Waals surface area contributed by atoms with Gasteiger partial charge in [0.25, 0.3) is 0 Å². The summed E-state index contributed by atoms with van der Waals surface area (Å²) in [6.45, 7) is 3.96. The van der Waals surface area contributed by atoms with Crippen LogP contribution in [0.2, 0.25) is 5.02 Å². The summed E-state index contributed by atoms with van der Waals surface area (Å²) in [4.78, 5) is 11.9. The first-order valence-electron chi connectivity index (χ1n) is 4.83. The maximum Gasteiger partial charge on any atom is 0.183 e. The number of ketones is 1. The van der Waals surface area contributed by atoms with Crippen molar-refractivity contribution < 1.29 is 4.79 Å². The van der Waals surface area contributed by atoms with Crippen LogP contribution in [-0.2, 0) is 0 Å². The lowest BCUT2D eigenvalue weighted by Gasteiger charge is -2.10. The van der Waals surface area contributed by atoms with Gasteiger partial charge in [0.1, 0.15) is 5.69 Å². The van der Waals surface area contributed by atoms with E-state index in [2.05, 4.69) is 5.10 Å².